The summed E-state index contributed by atoms with van der Waals surface area (Å²) >= 11 is 1.52. The highest BCUT2D eigenvalue weighted by Gasteiger charge is 2.11. The van der Waals surface area contributed by atoms with Gasteiger partial charge in [0.25, 0.3) is 0 Å². The molecule has 0 saturated carbocycles. The van der Waals surface area contributed by atoms with Crippen molar-refractivity contribution in [1.82, 2.24) is 15.0 Å². The van der Waals surface area contributed by atoms with Crippen LogP contribution in [0.1, 0.15) is 11.9 Å². The molecule has 0 radical (unpaired) electrons. The Balaban J connectivity index is 2.23. The molecule has 102 valence electrons. The summed E-state index contributed by atoms with van der Waals surface area (Å²) in [5, 5.41) is 4.97. The molecule has 3 rings (SSSR count). The predicted molar refractivity (Wildman–Crippen MR) is 79.5 cm³/mol. The van der Waals surface area contributed by atoms with Gasteiger partial charge in [0.1, 0.15) is 11.6 Å². The van der Waals surface area contributed by atoms with Gasteiger partial charge in [-0.3, -0.25) is 0 Å². The number of thiazole rings is 1. The van der Waals surface area contributed by atoms with Crippen LogP contribution in [-0.2, 0) is 0 Å². The molecule has 0 aliphatic carbocycles. The third kappa shape index (κ3) is 2.34. The number of aryl methyl sites for hydroxylation is 1. The predicted octanol–water partition coefficient (Wildman–Crippen LogP) is 3.63. The van der Waals surface area contributed by atoms with Gasteiger partial charge in [-0.2, -0.15) is 0 Å². The van der Waals surface area contributed by atoms with E-state index in [0.29, 0.717) is 11.3 Å². The van der Waals surface area contributed by atoms with E-state index in [2.05, 4.69) is 20.3 Å². The Morgan fingerprint density at radius 2 is 2.15 bits per heavy atom. The summed E-state index contributed by atoms with van der Waals surface area (Å²) in [4.78, 5) is 14.1. The minimum Gasteiger partial charge on any atom is -0.370 e. The zero-order valence-corrected chi connectivity index (χ0v) is 12.0. The molecule has 4 nitrogen and oxygen atoms in total. The number of rotatable bonds is 3. The summed E-state index contributed by atoms with van der Waals surface area (Å²) in [7, 11) is 0. The van der Waals surface area contributed by atoms with Gasteiger partial charge >= 0.3 is 0 Å². The Kier molecular flexibility index (Phi) is 3.31. The molecular weight excluding hydrogens is 275 g/mol. The van der Waals surface area contributed by atoms with Gasteiger partial charge in [-0.1, -0.05) is 0 Å². The van der Waals surface area contributed by atoms with Crippen LogP contribution in [0.4, 0.5) is 10.2 Å². The SMILES string of the molecule is CCNc1nc(-c2cnc(C)s2)nc2cc(F)ccc12. The van der Waals surface area contributed by atoms with Gasteiger partial charge in [0, 0.05) is 24.2 Å². The van der Waals surface area contributed by atoms with Crippen molar-refractivity contribution in [3.05, 3.63) is 35.2 Å². The lowest BCUT2D eigenvalue weighted by molar-refractivity contribution is 0.629. The fraction of sp³-hybridized carbons (Fsp3) is 0.214. The minimum atomic E-state index is -0.301. The van der Waals surface area contributed by atoms with Crippen LogP contribution in [-0.4, -0.2) is 21.5 Å². The molecule has 2 heterocycles. The monoisotopic (exact) mass is 288 g/mol. The van der Waals surface area contributed by atoms with Crippen LogP contribution in [0, 0.1) is 12.7 Å². The summed E-state index contributed by atoms with van der Waals surface area (Å²) < 4.78 is 13.4. The molecule has 1 aromatic carbocycles. The Morgan fingerprint density at radius 1 is 1.30 bits per heavy atom. The van der Waals surface area contributed by atoms with Crippen molar-refractivity contribution in [3.63, 3.8) is 0 Å². The number of hydrogen-bond acceptors (Lipinski definition) is 5. The number of hydrogen-bond donors (Lipinski definition) is 1. The van der Waals surface area contributed by atoms with Crippen LogP contribution in [0.2, 0.25) is 0 Å². The van der Waals surface area contributed by atoms with E-state index in [9.17, 15) is 4.39 Å². The molecule has 6 heteroatoms. The maximum atomic E-state index is 13.4. The molecule has 0 amide bonds. The standard InChI is InChI=1S/C14H13FN4S/c1-3-16-13-10-5-4-9(15)6-11(10)18-14(19-13)12-7-17-8(2)20-12/h4-7H,3H2,1-2H3,(H,16,18,19). The third-order valence-corrected chi connectivity index (χ3v) is 3.75. The zero-order valence-electron chi connectivity index (χ0n) is 11.1. The molecule has 1 N–H and O–H groups in total. The topological polar surface area (TPSA) is 50.7 Å². The molecular formula is C14H13FN4S. The maximum Gasteiger partial charge on any atom is 0.173 e. The molecule has 0 atom stereocenters. The van der Waals surface area contributed by atoms with Gasteiger partial charge in [0.2, 0.25) is 0 Å². The number of aromatic nitrogens is 3. The highest BCUT2D eigenvalue weighted by molar-refractivity contribution is 7.14. The van der Waals surface area contributed by atoms with E-state index in [1.807, 2.05) is 13.8 Å². The second kappa shape index (κ2) is 5.13. The first-order valence-corrected chi connectivity index (χ1v) is 7.13. The number of benzene rings is 1. The Hall–Kier alpha value is -2.08. The Labute approximate surface area is 119 Å². The van der Waals surface area contributed by atoms with E-state index in [1.165, 1.54) is 23.5 Å². The summed E-state index contributed by atoms with van der Waals surface area (Å²) in [5.41, 5.74) is 0.594. The van der Waals surface area contributed by atoms with Crippen molar-refractivity contribution in [1.29, 1.82) is 0 Å². The van der Waals surface area contributed by atoms with Crippen LogP contribution < -0.4 is 5.32 Å². The largest absolute Gasteiger partial charge is 0.370 e. The van der Waals surface area contributed by atoms with E-state index in [-0.39, 0.29) is 5.82 Å². The number of nitrogens with one attached hydrogen (secondary N) is 1. The average Bonchev–Trinajstić information content (AvgIpc) is 2.85. The van der Waals surface area contributed by atoms with Gasteiger partial charge in [0.15, 0.2) is 5.82 Å². The van der Waals surface area contributed by atoms with Crippen LogP contribution in [0.5, 0.6) is 0 Å². The number of halogens is 1. The van der Waals surface area contributed by atoms with E-state index >= 15 is 0 Å². The van der Waals surface area contributed by atoms with Crippen LogP contribution in [0.15, 0.2) is 24.4 Å². The molecule has 2 aromatic heterocycles. The fourth-order valence-electron chi connectivity index (χ4n) is 1.98. The van der Waals surface area contributed by atoms with Crippen molar-refractivity contribution >= 4 is 28.1 Å². The highest BCUT2D eigenvalue weighted by Crippen LogP contribution is 2.28. The maximum absolute atomic E-state index is 13.4. The quantitative estimate of drug-likeness (QED) is 0.799. The lowest BCUT2D eigenvalue weighted by Crippen LogP contribution is -2.02. The number of nitrogens with zero attached hydrogens (tertiary/aromatic N) is 3. The molecule has 0 aliphatic heterocycles. The molecule has 0 spiro atoms. The van der Waals surface area contributed by atoms with Crippen molar-refractivity contribution in [2.24, 2.45) is 0 Å². The van der Waals surface area contributed by atoms with E-state index in [0.717, 1.165) is 27.6 Å². The zero-order chi connectivity index (χ0) is 14.1. The third-order valence-electron chi connectivity index (χ3n) is 2.84. The second-order valence-electron chi connectivity index (χ2n) is 4.33. The van der Waals surface area contributed by atoms with E-state index in [1.54, 1.807) is 12.3 Å². The first-order valence-electron chi connectivity index (χ1n) is 6.31. The molecule has 3 aromatic rings. The summed E-state index contributed by atoms with van der Waals surface area (Å²) in [6, 6.07) is 4.54. The van der Waals surface area contributed by atoms with Crippen molar-refractivity contribution in [2.75, 3.05) is 11.9 Å². The van der Waals surface area contributed by atoms with Gasteiger partial charge < -0.3 is 5.32 Å². The molecule has 0 aliphatic rings. The van der Waals surface area contributed by atoms with Gasteiger partial charge in [0.05, 0.1) is 15.4 Å². The molecule has 0 fully saturated rings. The lowest BCUT2D eigenvalue weighted by Gasteiger charge is -2.08. The Morgan fingerprint density at radius 3 is 2.85 bits per heavy atom. The normalized spacial score (nSPS) is 10.9. The summed E-state index contributed by atoms with van der Waals surface area (Å²) in [6.07, 6.45) is 1.75. The smallest absolute Gasteiger partial charge is 0.173 e. The molecule has 0 bridgehead atoms. The van der Waals surface area contributed by atoms with Gasteiger partial charge in [-0.05, 0) is 26.0 Å². The average molecular weight is 288 g/mol. The first kappa shape index (κ1) is 12.9. The summed E-state index contributed by atoms with van der Waals surface area (Å²) in [6.45, 7) is 4.67. The van der Waals surface area contributed by atoms with Crippen molar-refractivity contribution < 1.29 is 4.39 Å². The highest BCUT2D eigenvalue weighted by atomic mass is 32.1. The van der Waals surface area contributed by atoms with Crippen molar-refractivity contribution in [3.8, 4) is 10.7 Å². The van der Waals surface area contributed by atoms with Gasteiger partial charge in [-0.15, -0.1) is 11.3 Å². The van der Waals surface area contributed by atoms with Gasteiger partial charge in [-0.25, -0.2) is 19.3 Å². The molecule has 20 heavy (non-hydrogen) atoms. The van der Waals surface area contributed by atoms with Crippen LogP contribution in [0.25, 0.3) is 21.6 Å². The fourth-order valence-corrected chi connectivity index (χ4v) is 2.69. The Bertz CT molecular complexity index is 769. The number of anilines is 1. The first-order chi connectivity index (χ1) is 9.67. The van der Waals surface area contributed by atoms with E-state index < -0.39 is 0 Å². The van der Waals surface area contributed by atoms with Crippen LogP contribution in [0.3, 0.4) is 0 Å². The summed E-state index contributed by atoms with van der Waals surface area (Å²) in [5.74, 6) is 0.994. The lowest BCUT2D eigenvalue weighted by atomic mass is 10.2. The van der Waals surface area contributed by atoms with Crippen LogP contribution >= 0.6 is 11.3 Å². The number of fused-ring (bicyclic) bond motifs is 1. The van der Waals surface area contributed by atoms with Crippen molar-refractivity contribution in [2.45, 2.75) is 13.8 Å². The molecule has 0 unspecified atom stereocenters. The minimum absolute atomic E-state index is 0.301. The second-order valence-corrected chi connectivity index (χ2v) is 5.57. The molecule has 0 saturated heterocycles. The van der Waals surface area contributed by atoms with E-state index in [4.69, 9.17) is 0 Å².